The van der Waals surface area contributed by atoms with E-state index >= 15 is 0 Å². The van der Waals surface area contributed by atoms with Crippen LogP contribution in [0.15, 0.2) is 60.7 Å². The van der Waals surface area contributed by atoms with Gasteiger partial charge in [-0.25, -0.2) is 0 Å². The van der Waals surface area contributed by atoms with Crippen LogP contribution in [0.3, 0.4) is 0 Å². The van der Waals surface area contributed by atoms with Gasteiger partial charge in [0.15, 0.2) is 23.2 Å². The molecular weight excluding hydrogens is 464 g/mol. The maximum absolute atomic E-state index is 13.8. The lowest BCUT2D eigenvalue weighted by molar-refractivity contribution is -0.129. The number of hydrogen-bond donors (Lipinski definition) is 0. The zero-order chi connectivity index (χ0) is 26.0. The number of nitrogens with zero attached hydrogens (tertiary/aromatic N) is 2. The molecule has 0 saturated heterocycles. The van der Waals surface area contributed by atoms with Crippen LogP contribution in [-0.4, -0.2) is 53.1 Å². The molecule has 0 N–H and O–H groups in total. The molecule has 0 aliphatic carbocycles. The second-order valence-corrected chi connectivity index (χ2v) is 7.99. The van der Waals surface area contributed by atoms with E-state index in [1.54, 1.807) is 54.6 Å². The fraction of sp³-hybridized carbons (Fsp3) is 0.222. The minimum Gasteiger partial charge on any atom is -0.497 e. The number of methoxy groups -OCH3 is 4. The number of ketones is 1. The zero-order valence-corrected chi connectivity index (χ0v) is 20.6. The first-order chi connectivity index (χ1) is 17.3. The minimum atomic E-state index is -1.59. The number of carbonyl (C=O) groups excluding carboxylic acids is 3. The quantitative estimate of drug-likeness (QED) is 0.464. The van der Waals surface area contributed by atoms with Crippen LogP contribution in [0.1, 0.15) is 10.4 Å². The normalized spacial score (nSPS) is 14.7. The number of Topliss-reactive ketones (excluding diaryl/α,β-unsaturated/α-hetero) is 1. The first-order valence-electron chi connectivity index (χ1n) is 11.0. The van der Waals surface area contributed by atoms with E-state index in [9.17, 15) is 14.4 Å². The predicted molar refractivity (Wildman–Crippen MR) is 134 cm³/mol. The average molecular weight is 491 g/mol. The molecule has 0 fully saturated rings. The number of benzene rings is 3. The van der Waals surface area contributed by atoms with Crippen LogP contribution < -0.4 is 28.7 Å². The minimum absolute atomic E-state index is 0.171. The van der Waals surface area contributed by atoms with E-state index in [1.165, 1.54) is 51.4 Å². The Bertz CT molecular complexity index is 1300. The molecule has 0 aromatic heterocycles. The Morgan fingerprint density at radius 2 is 1.31 bits per heavy atom. The van der Waals surface area contributed by atoms with E-state index in [0.717, 1.165) is 0 Å². The van der Waals surface area contributed by atoms with Gasteiger partial charge in [0.25, 0.3) is 5.91 Å². The van der Waals surface area contributed by atoms with Crippen molar-refractivity contribution >= 4 is 34.7 Å². The summed E-state index contributed by atoms with van der Waals surface area (Å²) in [4.78, 5) is 43.7. The highest BCUT2D eigenvalue weighted by Gasteiger charge is 2.46. The summed E-state index contributed by atoms with van der Waals surface area (Å²) in [7, 11) is 7.51. The van der Waals surface area contributed by atoms with Gasteiger partial charge in [0, 0.05) is 30.1 Å². The van der Waals surface area contributed by atoms with Crippen LogP contribution in [0.4, 0.5) is 17.1 Å². The van der Waals surface area contributed by atoms with Crippen molar-refractivity contribution in [1.82, 2.24) is 0 Å². The maximum atomic E-state index is 13.8. The van der Waals surface area contributed by atoms with Gasteiger partial charge in [0.1, 0.15) is 11.5 Å². The van der Waals surface area contributed by atoms with Crippen molar-refractivity contribution in [2.75, 3.05) is 45.3 Å². The van der Waals surface area contributed by atoms with Crippen molar-refractivity contribution in [2.24, 2.45) is 5.92 Å². The van der Waals surface area contributed by atoms with Gasteiger partial charge in [-0.3, -0.25) is 19.3 Å². The lowest BCUT2D eigenvalue weighted by Gasteiger charge is -2.34. The van der Waals surface area contributed by atoms with Crippen LogP contribution in [0, 0.1) is 5.92 Å². The molecule has 1 unspecified atom stereocenters. The molecule has 3 aromatic carbocycles. The molecule has 4 rings (SSSR count). The molecule has 1 atom stereocenters. The maximum Gasteiger partial charge on any atom is 0.252 e. The van der Waals surface area contributed by atoms with Crippen LogP contribution in [-0.2, 0) is 9.59 Å². The van der Waals surface area contributed by atoms with Gasteiger partial charge >= 0.3 is 0 Å². The fourth-order valence-corrected chi connectivity index (χ4v) is 4.11. The van der Waals surface area contributed by atoms with Gasteiger partial charge in [-0.05, 0) is 54.6 Å². The molecule has 9 nitrogen and oxygen atoms in total. The third kappa shape index (κ3) is 4.19. The Hall–Kier alpha value is -4.53. The summed E-state index contributed by atoms with van der Waals surface area (Å²) in [5, 5.41) is 0. The number of anilines is 3. The molecule has 0 saturated carbocycles. The molecule has 0 spiro atoms. The number of fused-ring (bicyclic) bond motifs is 1. The SMILES string of the molecule is COc1ccc(N(C)C(=O)C2C(=O)c3cc(OC)c(OC)cc3N(c3ccc(OC)cc3)C2=O)cc1. The third-order valence-electron chi connectivity index (χ3n) is 6.11. The van der Waals surface area contributed by atoms with E-state index in [0.29, 0.717) is 40.1 Å². The first kappa shape index (κ1) is 24.6. The van der Waals surface area contributed by atoms with Gasteiger partial charge < -0.3 is 23.8 Å². The van der Waals surface area contributed by atoms with E-state index in [-0.39, 0.29) is 5.56 Å². The van der Waals surface area contributed by atoms with Gasteiger partial charge in [0.05, 0.1) is 34.1 Å². The number of ether oxygens (including phenoxy) is 4. The highest BCUT2D eigenvalue weighted by atomic mass is 16.5. The molecule has 2 amide bonds. The summed E-state index contributed by atoms with van der Waals surface area (Å²) >= 11 is 0. The van der Waals surface area contributed by atoms with E-state index in [4.69, 9.17) is 18.9 Å². The van der Waals surface area contributed by atoms with Gasteiger partial charge in [-0.15, -0.1) is 0 Å². The molecule has 36 heavy (non-hydrogen) atoms. The Balaban J connectivity index is 1.83. The highest BCUT2D eigenvalue weighted by Crippen LogP contribution is 2.43. The summed E-state index contributed by atoms with van der Waals surface area (Å²) < 4.78 is 21.2. The van der Waals surface area contributed by atoms with Crippen molar-refractivity contribution in [3.8, 4) is 23.0 Å². The Labute approximate surface area is 208 Å². The molecule has 3 aromatic rings. The molecule has 1 aliphatic rings. The van der Waals surface area contributed by atoms with Crippen LogP contribution in [0.25, 0.3) is 0 Å². The van der Waals surface area contributed by atoms with Crippen molar-refractivity contribution in [3.05, 3.63) is 66.2 Å². The third-order valence-corrected chi connectivity index (χ3v) is 6.11. The van der Waals surface area contributed by atoms with Crippen molar-refractivity contribution in [2.45, 2.75) is 0 Å². The summed E-state index contributed by atoms with van der Waals surface area (Å²) in [6, 6.07) is 16.5. The number of hydrogen-bond acceptors (Lipinski definition) is 7. The zero-order valence-electron chi connectivity index (χ0n) is 20.6. The second kappa shape index (κ2) is 9.99. The lowest BCUT2D eigenvalue weighted by atomic mass is 9.88. The molecular formula is C27H26N2O7. The largest absolute Gasteiger partial charge is 0.497 e. The smallest absolute Gasteiger partial charge is 0.252 e. The summed E-state index contributed by atoms with van der Waals surface area (Å²) in [6.07, 6.45) is 0. The van der Waals surface area contributed by atoms with E-state index in [1.807, 2.05) is 0 Å². The summed E-state index contributed by atoms with van der Waals surface area (Å²) in [5.41, 5.74) is 1.44. The van der Waals surface area contributed by atoms with Crippen molar-refractivity contribution in [3.63, 3.8) is 0 Å². The average Bonchev–Trinajstić information content (AvgIpc) is 2.92. The Morgan fingerprint density at radius 1 is 0.778 bits per heavy atom. The van der Waals surface area contributed by atoms with Gasteiger partial charge in [0.2, 0.25) is 5.91 Å². The molecule has 1 heterocycles. The summed E-state index contributed by atoms with van der Waals surface area (Å²) in [6.45, 7) is 0. The molecule has 9 heteroatoms. The standard InChI is InChI=1S/C27H26N2O7/c1-28(16-6-10-18(33-2)11-7-16)26(31)24-25(30)20-14-22(35-4)23(36-5)15-21(20)29(27(24)32)17-8-12-19(34-3)13-9-17/h6-15,24H,1-5H3. The number of rotatable bonds is 7. The number of carbonyl (C=O) groups is 3. The van der Waals surface area contributed by atoms with Crippen molar-refractivity contribution < 1.29 is 33.3 Å². The predicted octanol–water partition coefficient (Wildman–Crippen LogP) is 3.86. The molecule has 0 radical (unpaired) electrons. The van der Waals surface area contributed by atoms with E-state index < -0.39 is 23.5 Å². The fourth-order valence-electron chi connectivity index (χ4n) is 4.11. The lowest BCUT2D eigenvalue weighted by Crippen LogP contribution is -2.50. The first-order valence-corrected chi connectivity index (χ1v) is 11.0. The van der Waals surface area contributed by atoms with E-state index in [2.05, 4.69) is 0 Å². The number of amides is 2. The topological polar surface area (TPSA) is 94.6 Å². The van der Waals surface area contributed by atoms with Crippen LogP contribution >= 0.6 is 0 Å². The van der Waals surface area contributed by atoms with Crippen molar-refractivity contribution in [1.29, 1.82) is 0 Å². The monoisotopic (exact) mass is 490 g/mol. The summed E-state index contributed by atoms with van der Waals surface area (Å²) in [5.74, 6) is -1.68. The Morgan fingerprint density at radius 3 is 1.83 bits per heavy atom. The molecule has 186 valence electrons. The second-order valence-electron chi connectivity index (χ2n) is 7.99. The molecule has 1 aliphatic heterocycles. The molecule has 0 bridgehead atoms. The highest BCUT2D eigenvalue weighted by molar-refractivity contribution is 6.34. The van der Waals surface area contributed by atoms with Crippen LogP contribution in [0.2, 0.25) is 0 Å². The Kier molecular flexibility index (Phi) is 6.82. The van der Waals surface area contributed by atoms with Crippen LogP contribution in [0.5, 0.6) is 23.0 Å². The van der Waals surface area contributed by atoms with Gasteiger partial charge in [-0.1, -0.05) is 0 Å². The van der Waals surface area contributed by atoms with Gasteiger partial charge in [-0.2, -0.15) is 0 Å².